The van der Waals surface area contributed by atoms with Crippen molar-refractivity contribution in [2.45, 2.75) is 18.7 Å². The second-order valence-corrected chi connectivity index (χ2v) is 6.50. The quantitative estimate of drug-likeness (QED) is 0.838. The molecule has 0 saturated carbocycles. The molecule has 0 atom stereocenters. The molecule has 1 N–H and O–H groups in total. The molecule has 0 unspecified atom stereocenters. The predicted molar refractivity (Wildman–Crippen MR) is 79.4 cm³/mol. The van der Waals surface area contributed by atoms with E-state index in [0.717, 1.165) is 13.1 Å². The summed E-state index contributed by atoms with van der Waals surface area (Å²) in [6, 6.07) is 4.56. The predicted octanol–water partition coefficient (Wildman–Crippen LogP) is 2.61. The fraction of sp³-hybridized carbons (Fsp3) is 0.500. The highest BCUT2D eigenvalue weighted by atomic mass is 35.5. The van der Waals surface area contributed by atoms with Gasteiger partial charge >= 0.3 is 0 Å². The molecule has 1 aromatic carbocycles. The van der Waals surface area contributed by atoms with Gasteiger partial charge in [-0.15, -0.1) is 0 Å². The molecule has 0 aromatic heterocycles. The third-order valence-corrected chi connectivity index (χ3v) is 5.25. The van der Waals surface area contributed by atoms with Crippen molar-refractivity contribution < 1.29 is 8.42 Å². The first-order valence-electron chi connectivity index (χ1n) is 6.08. The van der Waals surface area contributed by atoms with Crippen molar-refractivity contribution in [1.29, 1.82) is 0 Å². The summed E-state index contributed by atoms with van der Waals surface area (Å²) in [4.78, 5) is 2.14. The lowest BCUT2D eigenvalue weighted by Gasteiger charge is -2.18. The highest BCUT2D eigenvalue weighted by Gasteiger charge is 2.19. The number of rotatable bonds is 7. The Morgan fingerprint density at radius 1 is 1.21 bits per heavy atom. The Balaban J connectivity index is 2.74. The van der Waals surface area contributed by atoms with Crippen LogP contribution in [0.2, 0.25) is 10.0 Å². The Morgan fingerprint density at radius 3 is 2.42 bits per heavy atom. The molecule has 1 aromatic rings. The van der Waals surface area contributed by atoms with Crippen LogP contribution >= 0.6 is 23.2 Å². The number of halogens is 2. The highest BCUT2D eigenvalue weighted by molar-refractivity contribution is 7.89. The summed E-state index contributed by atoms with van der Waals surface area (Å²) >= 11 is 11.7. The zero-order valence-electron chi connectivity index (χ0n) is 11.0. The van der Waals surface area contributed by atoms with Gasteiger partial charge in [0.1, 0.15) is 4.90 Å². The van der Waals surface area contributed by atoms with Gasteiger partial charge in [0.25, 0.3) is 0 Å². The van der Waals surface area contributed by atoms with E-state index < -0.39 is 10.0 Å². The van der Waals surface area contributed by atoms with E-state index in [2.05, 4.69) is 9.62 Å². The third kappa shape index (κ3) is 4.61. The molecule has 7 heteroatoms. The molecule has 108 valence electrons. The lowest BCUT2D eigenvalue weighted by Crippen LogP contribution is -2.34. The largest absolute Gasteiger partial charge is 0.303 e. The van der Waals surface area contributed by atoms with E-state index in [1.165, 1.54) is 6.07 Å². The van der Waals surface area contributed by atoms with Crippen LogP contribution in [0, 0.1) is 0 Å². The lowest BCUT2D eigenvalue weighted by molar-refractivity contribution is 0.309. The number of nitrogens with zero attached hydrogens (tertiary/aromatic N) is 1. The van der Waals surface area contributed by atoms with Crippen LogP contribution in [-0.4, -0.2) is 39.5 Å². The van der Waals surface area contributed by atoms with Gasteiger partial charge in [-0.1, -0.05) is 43.1 Å². The number of hydrogen-bond donors (Lipinski definition) is 1. The van der Waals surface area contributed by atoms with Crippen LogP contribution in [0.25, 0.3) is 0 Å². The lowest BCUT2D eigenvalue weighted by atomic mass is 10.4. The van der Waals surface area contributed by atoms with Crippen LogP contribution in [0.15, 0.2) is 23.1 Å². The van der Waals surface area contributed by atoms with Crippen molar-refractivity contribution in [3.8, 4) is 0 Å². The topological polar surface area (TPSA) is 49.4 Å². The summed E-state index contributed by atoms with van der Waals surface area (Å²) in [6.45, 7) is 6.83. The van der Waals surface area contributed by atoms with Crippen LogP contribution in [0.3, 0.4) is 0 Å². The smallest absolute Gasteiger partial charge is 0.242 e. The SMILES string of the molecule is CCN(CC)CCNS(=O)(=O)c1cccc(Cl)c1Cl. The van der Waals surface area contributed by atoms with Gasteiger partial charge in [-0.3, -0.25) is 0 Å². The second kappa shape index (κ2) is 7.45. The summed E-state index contributed by atoms with van der Waals surface area (Å²) < 4.78 is 26.7. The molecule has 0 fully saturated rings. The van der Waals surface area contributed by atoms with Gasteiger partial charge in [0.2, 0.25) is 10.0 Å². The van der Waals surface area contributed by atoms with E-state index >= 15 is 0 Å². The summed E-state index contributed by atoms with van der Waals surface area (Å²) in [7, 11) is -3.62. The van der Waals surface area contributed by atoms with Gasteiger partial charge in [0, 0.05) is 13.1 Å². The fourth-order valence-corrected chi connectivity index (χ4v) is 3.43. The summed E-state index contributed by atoms with van der Waals surface area (Å²) in [5.74, 6) is 0. The molecular weight excluding hydrogens is 307 g/mol. The van der Waals surface area contributed by atoms with Crippen LogP contribution in [0.1, 0.15) is 13.8 Å². The number of likely N-dealkylation sites (N-methyl/N-ethyl adjacent to an activating group) is 1. The Bertz CT molecular complexity index is 516. The number of sulfonamides is 1. The van der Waals surface area contributed by atoms with Crippen LogP contribution in [0.4, 0.5) is 0 Å². The molecule has 0 aliphatic heterocycles. The Morgan fingerprint density at radius 2 is 1.84 bits per heavy atom. The van der Waals surface area contributed by atoms with E-state index in [1.54, 1.807) is 12.1 Å². The standard InChI is InChI=1S/C12H18Cl2N2O2S/c1-3-16(4-2)9-8-15-19(17,18)11-7-5-6-10(13)12(11)14/h5-7,15H,3-4,8-9H2,1-2H3. The molecule has 4 nitrogen and oxygen atoms in total. The molecule has 19 heavy (non-hydrogen) atoms. The van der Waals surface area contributed by atoms with E-state index in [4.69, 9.17) is 23.2 Å². The van der Waals surface area contributed by atoms with Crippen molar-refractivity contribution in [3.63, 3.8) is 0 Å². The third-order valence-electron chi connectivity index (χ3n) is 2.82. The molecule has 0 amide bonds. The Kier molecular flexibility index (Phi) is 6.56. The van der Waals surface area contributed by atoms with Gasteiger partial charge in [0.15, 0.2) is 0 Å². The van der Waals surface area contributed by atoms with Gasteiger partial charge in [-0.25, -0.2) is 13.1 Å². The Labute approximate surface area is 124 Å². The van der Waals surface area contributed by atoms with E-state index in [-0.39, 0.29) is 14.9 Å². The van der Waals surface area contributed by atoms with E-state index in [0.29, 0.717) is 13.1 Å². The van der Waals surface area contributed by atoms with Crippen molar-refractivity contribution in [2.75, 3.05) is 26.2 Å². The Hall–Kier alpha value is -0.330. The van der Waals surface area contributed by atoms with Crippen LogP contribution in [-0.2, 0) is 10.0 Å². The molecule has 0 aliphatic carbocycles. The van der Waals surface area contributed by atoms with Gasteiger partial charge in [-0.2, -0.15) is 0 Å². The fourth-order valence-electron chi connectivity index (χ4n) is 1.65. The summed E-state index contributed by atoms with van der Waals surface area (Å²) in [5.41, 5.74) is 0. The number of hydrogen-bond acceptors (Lipinski definition) is 3. The molecule has 0 aliphatic rings. The maximum Gasteiger partial charge on any atom is 0.242 e. The molecule has 0 spiro atoms. The average molecular weight is 325 g/mol. The van der Waals surface area contributed by atoms with Crippen LogP contribution < -0.4 is 4.72 Å². The van der Waals surface area contributed by atoms with E-state index in [9.17, 15) is 8.42 Å². The zero-order valence-corrected chi connectivity index (χ0v) is 13.3. The minimum absolute atomic E-state index is 0.0150. The first-order valence-corrected chi connectivity index (χ1v) is 8.32. The maximum absolute atomic E-state index is 12.1. The van der Waals surface area contributed by atoms with Gasteiger partial charge in [0.05, 0.1) is 10.0 Å². The maximum atomic E-state index is 12.1. The monoisotopic (exact) mass is 324 g/mol. The molecule has 0 heterocycles. The molecule has 1 rings (SSSR count). The highest BCUT2D eigenvalue weighted by Crippen LogP contribution is 2.28. The van der Waals surface area contributed by atoms with Crippen LogP contribution in [0.5, 0.6) is 0 Å². The van der Waals surface area contributed by atoms with E-state index in [1.807, 2.05) is 13.8 Å². The van der Waals surface area contributed by atoms with Gasteiger partial charge < -0.3 is 4.90 Å². The number of benzene rings is 1. The molecular formula is C12H18Cl2N2O2S. The minimum atomic E-state index is -3.62. The normalized spacial score (nSPS) is 12.1. The average Bonchev–Trinajstić information content (AvgIpc) is 2.37. The van der Waals surface area contributed by atoms with Crippen molar-refractivity contribution >= 4 is 33.2 Å². The van der Waals surface area contributed by atoms with Crippen molar-refractivity contribution in [3.05, 3.63) is 28.2 Å². The minimum Gasteiger partial charge on any atom is -0.303 e. The van der Waals surface area contributed by atoms with Crippen molar-refractivity contribution in [1.82, 2.24) is 9.62 Å². The summed E-state index contributed by atoms with van der Waals surface area (Å²) in [5, 5.41) is 0.285. The van der Waals surface area contributed by atoms with Gasteiger partial charge in [-0.05, 0) is 25.2 Å². The molecule has 0 bridgehead atoms. The zero-order chi connectivity index (χ0) is 14.5. The molecule has 0 radical (unpaired) electrons. The first kappa shape index (κ1) is 16.7. The van der Waals surface area contributed by atoms with Crippen molar-refractivity contribution in [2.24, 2.45) is 0 Å². The number of nitrogens with one attached hydrogen (secondary N) is 1. The first-order chi connectivity index (χ1) is 8.92. The summed E-state index contributed by atoms with van der Waals surface area (Å²) in [6.07, 6.45) is 0. The molecule has 0 saturated heterocycles. The second-order valence-electron chi connectivity index (χ2n) is 3.98.